The Labute approximate surface area is 150 Å². The van der Waals surface area contributed by atoms with Crippen LogP contribution in [-0.2, 0) is 0 Å². The number of rotatable bonds is 8. The SMILES string of the molecule is CCCCCCC(C)NC(=O)Nc1ccc(-c2nccc(C)n2)cc1. The van der Waals surface area contributed by atoms with E-state index in [1.54, 1.807) is 6.20 Å². The van der Waals surface area contributed by atoms with Crippen molar-refractivity contribution in [2.24, 2.45) is 0 Å². The van der Waals surface area contributed by atoms with Crippen LogP contribution in [0.15, 0.2) is 36.5 Å². The predicted molar refractivity (Wildman–Crippen MR) is 103 cm³/mol. The average molecular weight is 340 g/mol. The summed E-state index contributed by atoms with van der Waals surface area (Å²) < 4.78 is 0. The van der Waals surface area contributed by atoms with Gasteiger partial charge in [0.25, 0.3) is 0 Å². The lowest BCUT2D eigenvalue weighted by Crippen LogP contribution is -2.36. The monoisotopic (exact) mass is 340 g/mol. The van der Waals surface area contributed by atoms with E-state index in [4.69, 9.17) is 0 Å². The van der Waals surface area contributed by atoms with Crippen molar-refractivity contribution in [3.8, 4) is 11.4 Å². The normalized spacial score (nSPS) is 11.8. The molecule has 134 valence electrons. The second kappa shape index (κ2) is 9.77. The molecule has 1 atom stereocenters. The average Bonchev–Trinajstić information content (AvgIpc) is 2.59. The van der Waals surface area contributed by atoms with Crippen molar-refractivity contribution in [3.05, 3.63) is 42.2 Å². The van der Waals surface area contributed by atoms with Crippen LogP contribution < -0.4 is 10.6 Å². The molecule has 0 aliphatic heterocycles. The molecule has 0 spiro atoms. The highest BCUT2D eigenvalue weighted by atomic mass is 16.2. The van der Waals surface area contributed by atoms with Crippen LogP contribution in [0.4, 0.5) is 10.5 Å². The van der Waals surface area contributed by atoms with E-state index in [-0.39, 0.29) is 12.1 Å². The van der Waals surface area contributed by atoms with Gasteiger partial charge in [-0.25, -0.2) is 14.8 Å². The summed E-state index contributed by atoms with van der Waals surface area (Å²) in [6.07, 6.45) is 7.63. The Balaban J connectivity index is 1.83. The number of hydrogen-bond acceptors (Lipinski definition) is 3. The van der Waals surface area contributed by atoms with E-state index in [9.17, 15) is 4.79 Å². The van der Waals surface area contributed by atoms with Crippen LogP contribution in [0.25, 0.3) is 11.4 Å². The van der Waals surface area contributed by atoms with Crippen molar-refractivity contribution in [1.82, 2.24) is 15.3 Å². The Morgan fingerprint density at radius 3 is 2.56 bits per heavy atom. The van der Waals surface area contributed by atoms with Gasteiger partial charge in [-0.2, -0.15) is 0 Å². The van der Waals surface area contributed by atoms with Crippen LogP contribution >= 0.6 is 0 Å². The van der Waals surface area contributed by atoms with Gasteiger partial charge >= 0.3 is 6.03 Å². The molecule has 5 nitrogen and oxygen atoms in total. The summed E-state index contributed by atoms with van der Waals surface area (Å²) in [5.41, 5.74) is 2.62. The second-order valence-electron chi connectivity index (χ2n) is 6.45. The highest BCUT2D eigenvalue weighted by Crippen LogP contribution is 2.18. The first-order chi connectivity index (χ1) is 12.1. The zero-order valence-corrected chi connectivity index (χ0v) is 15.4. The Morgan fingerprint density at radius 2 is 1.88 bits per heavy atom. The summed E-state index contributed by atoms with van der Waals surface area (Å²) in [5.74, 6) is 0.691. The van der Waals surface area contributed by atoms with Crippen molar-refractivity contribution in [2.45, 2.75) is 58.9 Å². The number of anilines is 1. The Kier molecular flexibility index (Phi) is 7.38. The summed E-state index contributed by atoms with van der Waals surface area (Å²) in [6.45, 7) is 6.18. The van der Waals surface area contributed by atoms with E-state index < -0.39 is 0 Å². The number of unbranched alkanes of at least 4 members (excludes halogenated alkanes) is 3. The standard InChI is InChI=1S/C20H28N4O/c1-4-5-6-7-8-15(2)23-20(25)24-18-11-9-17(10-12-18)19-21-14-13-16(3)22-19/h9-15H,4-8H2,1-3H3,(H2,23,24,25). The second-order valence-corrected chi connectivity index (χ2v) is 6.45. The molecule has 1 unspecified atom stereocenters. The molecule has 2 rings (SSSR count). The van der Waals surface area contributed by atoms with E-state index >= 15 is 0 Å². The summed E-state index contributed by atoms with van der Waals surface area (Å²) in [7, 11) is 0. The first-order valence-electron chi connectivity index (χ1n) is 9.06. The first kappa shape index (κ1) is 18.9. The highest BCUT2D eigenvalue weighted by molar-refractivity contribution is 5.89. The van der Waals surface area contributed by atoms with Gasteiger partial charge in [0.2, 0.25) is 0 Å². The molecule has 1 aromatic heterocycles. The fourth-order valence-electron chi connectivity index (χ4n) is 2.63. The molecule has 0 saturated carbocycles. The molecule has 0 fully saturated rings. The van der Waals surface area contributed by atoms with Gasteiger partial charge in [0, 0.05) is 29.2 Å². The van der Waals surface area contributed by atoms with Gasteiger partial charge in [0.15, 0.2) is 5.82 Å². The van der Waals surface area contributed by atoms with Crippen LogP contribution in [0.5, 0.6) is 0 Å². The maximum Gasteiger partial charge on any atom is 0.319 e. The molecule has 1 aromatic carbocycles. The smallest absolute Gasteiger partial charge is 0.319 e. The maximum absolute atomic E-state index is 12.1. The number of aryl methyl sites for hydroxylation is 1. The zero-order chi connectivity index (χ0) is 18.1. The number of urea groups is 1. The van der Waals surface area contributed by atoms with Crippen LogP contribution in [0, 0.1) is 6.92 Å². The number of nitrogens with zero attached hydrogens (tertiary/aromatic N) is 2. The Bertz CT molecular complexity index is 670. The number of nitrogens with one attached hydrogen (secondary N) is 2. The van der Waals surface area contributed by atoms with Gasteiger partial charge in [0.1, 0.15) is 0 Å². The third kappa shape index (κ3) is 6.53. The molecular formula is C20H28N4O. The third-order valence-electron chi connectivity index (χ3n) is 4.06. The number of benzene rings is 1. The van der Waals surface area contributed by atoms with Crippen molar-refractivity contribution in [2.75, 3.05) is 5.32 Å². The molecule has 0 saturated heterocycles. The van der Waals surface area contributed by atoms with Crippen molar-refractivity contribution < 1.29 is 4.79 Å². The summed E-state index contributed by atoms with van der Waals surface area (Å²) in [6, 6.07) is 9.45. The van der Waals surface area contributed by atoms with Gasteiger partial charge < -0.3 is 10.6 Å². The van der Waals surface area contributed by atoms with Gasteiger partial charge in [-0.15, -0.1) is 0 Å². The third-order valence-corrected chi connectivity index (χ3v) is 4.06. The lowest BCUT2D eigenvalue weighted by Gasteiger charge is -2.14. The summed E-state index contributed by atoms with van der Waals surface area (Å²) in [4.78, 5) is 20.7. The number of carbonyl (C=O) groups is 1. The lowest BCUT2D eigenvalue weighted by atomic mass is 10.1. The van der Waals surface area contributed by atoms with Crippen LogP contribution in [0.2, 0.25) is 0 Å². The van der Waals surface area contributed by atoms with E-state index in [2.05, 4.69) is 27.5 Å². The minimum absolute atomic E-state index is 0.164. The van der Waals surface area contributed by atoms with Crippen LogP contribution in [0.1, 0.15) is 51.6 Å². The molecule has 0 aliphatic carbocycles. The number of hydrogen-bond donors (Lipinski definition) is 2. The van der Waals surface area contributed by atoms with Crippen molar-refractivity contribution >= 4 is 11.7 Å². The topological polar surface area (TPSA) is 66.9 Å². The van der Waals surface area contributed by atoms with E-state index in [1.165, 1.54) is 19.3 Å². The van der Waals surface area contributed by atoms with Crippen molar-refractivity contribution in [3.63, 3.8) is 0 Å². The Morgan fingerprint density at radius 1 is 1.12 bits per heavy atom. The van der Waals surface area contributed by atoms with E-state index in [0.29, 0.717) is 5.82 Å². The molecule has 25 heavy (non-hydrogen) atoms. The fraction of sp³-hybridized carbons (Fsp3) is 0.450. The largest absolute Gasteiger partial charge is 0.335 e. The molecule has 0 aliphatic rings. The van der Waals surface area contributed by atoms with E-state index in [1.807, 2.05) is 44.2 Å². The van der Waals surface area contributed by atoms with Gasteiger partial charge in [-0.3, -0.25) is 0 Å². The van der Waals surface area contributed by atoms with Crippen LogP contribution in [0.3, 0.4) is 0 Å². The summed E-state index contributed by atoms with van der Waals surface area (Å²) in [5, 5.41) is 5.86. The molecule has 0 radical (unpaired) electrons. The molecule has 5 heteroatoms. The Hall–Kier alpha value is -2.43. The van der Waals surface area contributed by atoms with Gasteiger partial charge in [-0.1, -0.05) is 32.6 Å². The summed E-state index contributed by atoms with van der Waals surface area (Å²) >= 11 is 0. The maximum atomic E-state index is 12.1. The minimum Gasteiger partial charge on any atom is -0.335 e. The van der Waals surface area contributed by atoms with Gasteiger partial charge in [0.05, 0.1) is 0 Å². The molecular weight excluding hydrogens is 312 g/mol. The molecule has 2 N–H and O–H groups in total. The molecule has 1 heterocycles. The highest BCUT2D eigenvalue weighted by Gasteiger charge is 2.08. The van der Waals surface area contributed by atoms with E-state index in [0.717, 1.165) is 29.8 Å². The number of amides is 2. The number of aromatic nitrogens is 2. The predicted octanol–water partition coefficient (Wildman–Crippen LogP) is 4.93. The molecule has 2 amide bonds. The first-order valence-corrected chi connectivity index (χ1v) is 9.06. The minimum atomic E-state index is -0.164. The lowest BCUT2D eigenvalue weighted by molar-refractivity contribution is 0.248. The molecule has 2 aromatic rings. The van der Waals surface area contributed by atoms with Crippen LogP contribution in [-0.4, -0.2) is 22.0 Å². The number of carbonyl (C=O) groups excluding carboxylic acids is 1. The quantitative estimate of drug-likeness (QED) is 0.669. The molecule has 0 bridgehead atoms. The van der Waals surface area contributed by atoms with Gasteiger partial charge in [-0.05, 0) is 50.6 Å². The van der Waals surface area contributed by atoms with Crippen molar-refractivity contribution in [1.29, 1.82) is 0 Å². The zero-order valence-electron chi connectivity index (χ0n) is 15.4. The fourth-order valence-corrected chi connectivity index (χ4v) is 2.63.